The zero-order valence-corrected chi connectivity index (χ0v) is 23.4. The van der Waals surface area contributed by atoms with Crippen LogP contribution in [0, 0.1) is 12.7 Å². The van der Waals surface area contributed by atoms with E-state index in [-0.39, 0.29) is 17.9 Å². The number of likely N-dealkylation sites (tertiary alicyclic amines) is 1. The molecule has 11 nitrogen and oxygen atoms in total. The predicted octanol–water partition coefficient (Wildman–Crippen LogP) is 2.67. The minimum Gasteiger partial charge on any atom is -0.388 e. The molecular weight excluding hydrogens is 537 g/mol. The Kier molecular flexibility index (Phi) is 6.59. The Hall–Kier alpha value is -4.42. The maximum absolute atomic E-state index is 13.4. The monoisotopic (exact) mass is 569 g/mol. The molecule has 0 unspecified atom stereocenters. The summed E-state index contributed by atoms with van der Waals surface area (Å²) in [6, 6.07) is 14.5. The van der Waals surface area contributed by atoms with Crippen LogP contribution in [0.5, 0.6) is 0 Å². The van der Waals surface area contributed by atoms with Crippen LogP contribution < -0.4 is 10.5 Å². The van der Waals surface area contributed by atoms with Crippen molar-refractivity contribution >= 4 is 16.7 Å². The average Bonchev–Trinajstić information content (AvgIpc) is 3.60. The number of aryl methyl sites for hydroxylation is 1. The van der Waals surface area contributed by atoms with E-state index in [1.54, 1.807) is 23.0 Å². The molecule has 12 heteroatoms. The fraction of sp³-hybridized carbons (Fsp3) is 0.367. The summed E-state index contributed by atoms with van der Waals surface area (Å²) in [6.07, 6.45) is 4.11. The van der Waals surface area contributed by atoms with Crippen molar-refractivity contribution in [3.8, 4) is 5.69 Å². The van der Waals surface area contributed by atoms with Gasteiger partial charge >= 0.3 is 0 Å². The van der Waals surface area contributed by atoms with Gasteiger partial charge in [0.15, 0.2) is 5.65 Å². The molecule has 1 fully saturated rings. The fourth-order valence-electron chi connectivity index (χ4n) is 5.99. The summed E-state index contributed by atoms with van der Waals surface area (Å²) in [4.78, 5) is 27.0. The first-order valence-corrected chi connectivity index (χ1v) is 14.2. The van der Waals surface area contributed by atoms with Crippen molar-refractivity contribution in [2.45, 2.75) is 51.5 Å². The third kappa shape index (κ3) is 5.07. The topological polar surface area (TPSA) is 110 Å². The minimum atomic E-state index is -1.01. The van der Waals surface area contributed by atoms with Gasteiger partial charge in [0.05, 0.1) is 37.1 Å². The van der Waals surface area contributed by atoms with Crippen molar-refractivity contribution < 1.29 is 9.50 Å². The molecule has 0 atom stereocenters. The summed E-state index contributed by atoms with van der Waals surface area (Å²) in [6.45, 7) is 6.48. The summed E-state index contributed by atoms with van der Waals surface area (Å²) >= 11 is 0. The lowest BCUT2D eigenvalue weighted by Crippen LogP contribution is -2.47. The standard InChI is InChI=1S/C30H32FN9O2/c1-21-34-27-18-37(14-15-39(27)35-21)24-6-8-25(9-7-24)40-28-26(16-33-40)29(41)38(20-32-28)19-30(42)10-12-36(13-11-30)17-22-2-4-23(31)5-3-22/h2-9,16,20,42H,10-15,17-19H2,1H3. The highest BCUT2D eigenvalue weighted by Crippen LogP contribution is 2.26. The molecule has 2 aromatic carbocycles. The van der Waals surface area contributed by atoms with Crippen LogP contribution in [-0.2, 0) is 26.2 Å². The highest BCUT2D eigenvalue weighted by Gasteiger charge is 2.33. The molecule has 42 heavy (non-hydrogen) atoms. The molecule has 1 N–H and O–H groups in total. The first-order chi connectivity index (χ1) is 20.3. The third-order valence-corrected chi connectivity index (χ3v) is 8.35. The van der Waals surface area contributed by atoms with Gasteiger partial charge in [-0.1, -0.05) is 12.1 Å². The second-order valence-corrected chi connectivity index (χ2v) is 11.3. The molecule has 7 rings (SSSR count). The number of hydrogen-bond donors (Lipinski definition) is 1. The molecule has 0 aliphatic carbocycles. The van der Waals surface area contributed by atoms with Crippen LogP contribution in [0.2, 0.25) is 0 Å². The lowest BCUT2D eigenvalue weighted by molar-refractivity contribution is -0.0364. The SMILES string of the molecule is Cc1nc2n(n1)CCN(c1ccc(-n3ncc4c(=O)n(CC5(O)CCN(Cc6ccc(F)cc6)CC5)cnc43)cc1)C2. The quantitative estimate of drug-likeness (QED) is 0.333. The average molecular weight is 570 g/mol. The van der Waals surface area contributed by atoms with Gasteiger partial charge in [0, 0.05) is 31.9 Å². The molecule has 2 aliphatic rings. The van der Waals surface area contributed by atoms with Gasteiger partial charge < -0.3 is 10.0 Å². The minimum absolute atomic E-state index is 0.169. The van der Waals surface area contributed by atoms with E-state index in [0.29, 0.717) is 50.1 Å². The van der Waals surface area contributed by atoms with E-state index in [1.807, 2.05) is 35.9 Å². The molecule has 3 aromatic heterocycles. The molecule has 5 heterocycles. The second-order valence-electron chi connectivity index (χ2n) is 11.3. The summed E-state index contributed by atoms with van der Waals surface area (Å²) < 4.78 is 18.3. The van der Waals surface area contributed by atoms with E-state index in [4.69, 9.17) is 0 Å². The van der Waals surface area contributed by atoms with Gasteiger partial charge in [-0.3, -0.25) is 14.3 Å². The maximum Gasteiger partial charge on any atom is 0.264 e. The Balaban J connectivity index is 1.03. The number of aliphatic hydroxyl groups is 1. The molecule has 5 aromatic rings. The molecular formula is C30H32FN9O2. The first kappa shape index (κ1) is 26.5. The van der Waals surface area contributed by atoms with E-state index in [2.05, 4.69) is 30.0 Å². The van der Waals surface area contributed by atoms with Crippen molar-refractivity contribution in [1.82, 2.24) is 39.0 Å². The van der Waals surface area contributed by atoms with Gasteiger partial charge in [0.2, 0.25) is 0 Å². The number of halogens is 1. The highest BCUT2D eigenvalue weighted by atomic mass is 19.1. The number of benzene rings is 2. The van der Waals surface area contributed by atoms with Crippen molar-refractivity contribution in [1.29, 1.82) is 0 Å². The highest BCUT2D eigenvalue weighted by molar-refractivity contribution is 5.75. The number of anilines is 1. The molecule has 1 saturated heterocycles. The zero-order valence-electron chi connectivity index (χ0n) is 23.4. The Morgan fingerprint density at radius 2 is 1.71 bits per heavy atom. The number of piperidine rings is 1. The van der Waals surface area contributed by atoms with Crippen LogP contribution >= 0.6 is 0 Å². The van der Waals surface area contributed by atoms with E-state index in [1.165, 1.54) is 23.0 Å². The fourth-order valence-corrected chi connectivity index (χ4v) is 5.99. The van der Waals surface area contributed by atoms with Gasteiger partial charge in [-0.05, 0) is 61.7 Å². The molecule has 2 aliphatic heterocycles. The number of fused-ring (bicyclic) bond motifs is 2. The Morgan fingerprint density at radius 3 is 2.48 bits per heavy atom. The molecule has 0 saturated carbocycles. The number of nitrogens with zero attached hydrogens (tertiary/aromatic N) is 9. The summed E-state index contributed by atoms with van der Waals surface area (Å²) in [7, 11) is 0. The Morgan fingerprint density at radius 1 is 0.976 bits per heavy atom. The summed E-state index contributed by atoms with van der Waals surface area (Å²) in [5, 5.41) is 20.6. The second kappa shape index (κ2) is 10.4. The molecule has 0 bridgehead atoms. The van der Waals surface area contributed by atoms with E-state index in [9.17, 15) is 14.3 Å². The Bertz CT molecular complexity index is 1780. The maximum atomic E-state index is 13.4. The number of hydrogen-bond acceptors (Lipinski definition) is 8. The third-order valence-electron chi connectivity index (χ3n) is 8.35. The van der Waals surface area contributed by atoms with Gasteiger partial charge in [0.1, 0.15) is 29.2 Å². The largest absolute Gasteiger partial charge is 0.388 e. The van der Waals surface area contributed by atoms with Gasteiger partial charge in [-0.2, -0.15) is 10.2 Å². The smallest absolute Gasteiger partial charge is 0.264 e. The van der Waals surface area contributed by atoms with Crippen molar-refractivity contribution in [2.75, 3.05) is 24.5 Å². The van der Waals surface area contributed by atoms with Gasteiger partial charge in [-0.25, -0.2) is 23.7 Å². The molecule has 0 spiro atoms. The normalized spacial score (nSPS) is 17.1. The molecule has 0 amide bonds. The van der Waals surface area contributed by atoms with E-state index < -0.39 is 5.60 Å². The zero-order chi connectivity index (χ0) is 28.8. The number of rotatable bonds is 6. The van der Waals surface area contributed by atoms with Crippen LogP contribution in [0.15, 0.2) is 65.8 Å². The first-order valence-electron chi connectivity index (χ1n) is 14.2. The summed E-state index contributed by atoms with van der Waals surface area (Å²) in [5.74, 6) is 1.50. The van der Waals surface area contributed by atoms with Crippen LogP contribution in [0.25, 0.3) is 16.7 Å². The van der Waals surface area contributed by atoms with Crippen molar-refractivity contribution in [2.24, 2.45) is 0 Å². The Labute approximate surface area is 241 Å². The van der Waals surface area contributed by atoms with Crippen LogP contribution in [-0.4, -0.2) is 69.3 Å². The molecule has 216 valence electrons. The van der Waals surface area contributed by atoms with Crippen molar-refractivity contribution in [3.05, 3.63) is 94.4 Å². The summed E-state index contributed by atoms with van der Waals surface area (Å²) in [5.41, 5.74) is 2.16. The van der Waals surface area contributed by atoms with Crippen LogP contribution in [0.1, 0.15) is 30.1 Å². The lowest BCUT2D eigenvalue weighted by Gasteiger charge is -2.38. The van der Waals surface area contributed by atoms with Gasteiger partial charge in [-0.15, -0.1) is 0 Å². The van der Waals surface area contributed by atoms with E-state index >= 15 is 0 Å². The lowest BCUT2D eigenvalue weighted by atomic mass is 9.91. The van der Waals surface area contributed by atoms with Crippen LogP contribution in [0.4, 0.5) is 10.1 Å². The van der Waals surface area contributed by atoms with Crippen LogP contribution in [0.3, 0.4) is 0 Å². The predicted molar refractivity (Wildman–Crippen MR) is 155 cm³/mol. The van der Waals surface area contributed by atoms with Gasteiger partial charge in [0.25, 0.3) is 5.56 Å². The van der Waals surface area contributed by atoms with Crippen molar-refractivity contribution in [3.63, 3.8) is 0 Å². The molecule has 0 radical (unpaired) electrons. The number of aromatic nitrogens is 7. The van der Waals surface area contributed by atoms with E-state index in [0.717, 1.165) is 41.7 Å².